The van der Waals surface area contributed by atoms with Crippen molar-refractivity contribution in [3.8, 4) is 11.1 Å². The summed E-state index contributed by atoms with van der Waals surface area (Å²) < 4.78 is 3.28. The molecule has 1 N–H and O–H groups in total. The molecule has 0 fully saturated rings. The minimum atomic E-state index is -0.0439. The number of aryl methyl sites for hydroxylation is 1. The fourth-order valence-electron chi connectivity index (χ4n) is 1.78. The summed E-state index contributed by atoms with van der Waals surface area (Å²) in [4.78, 5) is 14.8. The van der Waals surface area contributed by atoms with Crippen LogP contribution in [-0.2, 0) is 7.05 Å². The molecule has 0 aromatic carbocycles. The Morgan fingerprint density at radius 1 is 1.31 bits per heavy atom. The molecule has 0 radical (unpaired) electrons. The Hall–Kier alpha value is -2.30. The van der Waals surface area contributed by atoms with Crippen LogP contribution in [0, 0.1) is 0 Å². The summed E-state index contributed by atoms with van der Waals surface area (Å²) in [6.45, 7) is 0. The number of hydrogen-bond donors (Lipinski definition) is 1. The Kier molecular flexibility index (Phi) is 1.73. The highest BCUT2D eigenvalue weighted by molar-refractivity contribution is 5.65. The molecule has 0 aliphatic heterocycles. The van der Waals surface area contributed by atoms with Crippen LogP contribution in [0.25, 0.3) is 16.8 Å². The van der Waals surface area contributed by atoms with Gasteiger partial charge in [0, 0.05) is 37.3 Å². The molecule has 0 aliphatic rings. The second-order valence-electron chi connectivity index (χ2n) is 3.70. The number of nitrogens with one attached hydrogen (secondary N) is 1. The fourth-order valence-corrected chi connectivity index (χ4v) is 1.78. The SMILES string of the molecule is Cn1cc(-c2cc(=O)n3cc[nH]c3c2)cn1. The van der Waals surface area contributed by atoms with E-state index < -0.39 is 0 Å². The van der Waals surface area contributed by atoms with Crippen molar-refractivity contribution in [1.29, 1.82) is 0 Å². The molecule has 3 heterocycles. The van der Waals surface area contributed by atoms with E-state index in [2.05, 4.69) is 10.1 Å². The maximum atomic E-state index is 11.8. The minimum absolute atomic E-state index is 0.0439. The molecule has 0 spiro atoms. The van der Waals surface area contributed by atoms with Gasteiger partial charge >= 0.3 is 0 Å². The van der Waals surface area contributed by atoms with Crippen molar-refractivity contribution >= 4 is 5.65 Å². The second kappa shape index (κ2) is 3.10. The van der Waals surface area contributed by atoms with Gasteiger partial charge in [0.25, 0.3) is 5.56 Å². The first-order chi connectivity index (χ1) is 7.74. The predicted molar refractivity (Wildman–Crippen MR) is 60.2 cm³/mol. The van der Waals surface area contributed by atoms with E-state index in [0.717, 1.165) is 16.8 Å². The topological polar surface area (TPSA) is 55.1 Å². The Balaban J connectivity index is 2.28. The predicted octanol–water partition coefficient (Wildman–Crippen LogP) is 1.03. The lowest BCUT2D eigenvalue weighted by Gasteiger charge is -1.97. The van der Waals surface area contributed by atoms with Crippen molar-refractivity contribution in [2.75, 3.05) is 0 Å². The summed E-state index contributed by atoms with van der Waals surface area (Å²) >= 11 is 0. The quantitative estimate of drug-likeness (QED) is 0.657. The van der Waals surface area contributed by atoms with Crippen LogP contribution in [0.5, 0.6) is 0 Å². The van der Waals surface area contributed by atoms with Crippen LogP contribution in [0.1, 0.15) is 0 Å². The van der Waals surface area contributed by atoms with Crippen molar-refractivity contribution in [3.63, 3.8) is 0 Å². The molecular weight excluding hydrogens is 204 g/mol. The van der Waals surface area contributed by atoms with Gasteiger partial charge in [-0.1, -0.05) is 0 Å². The largest absolute Gasteiger partial charge is 0.346 e. The summed E-state index contributed by atoms with van der Waals surface area (Å²) in [6, 6.07) is 3.54. The Labute approximate surface area is 91.0 Å². The summed E-state index contributed by atoms with van der Waals surface area (Å²) in [7, 11) is 1.85. The molecule has 0 bridgehead atoms. The molecular formula is C11H10N4O. The van der Waals surface area contributed by atoms with Crippen molar-refractivity contribution in [1.82, 2.24) is 19.2 Å². The number of hydrogen-bond acceptors (Lipinski definition) is 2. The monoisotopic (exact) mass is 214 g/mol. The number of pyridine rings is 1. The van der Waals surface area contributed by atoms with Crippen LogP contribution in [0.3, 0.4) is 0 Å². The van der Waals surface area contributed by atoms with Gasteiger partial charge in [0.15, 0.2) is 0 Å². The van der Waals surface area contributed by atoms with E-state index in [1.807, 2.05) is 19.3 Å². The van der Waals surface area contributed by atoms with Gasteiger partial charge in [-0.25, -0.2) is 0 Å². The average molecular weight is 214 g/mol. The zero-order chi connectivity index (χ0) is 11.1. The molecule has 3 aromatic rings. The van der Waals surface area contributed by atoms with Gasteiger partial charge in [-0.15, -0.1) is 0 Å². The van der Waals surface area contributed by atoms with Gasteiger partial charge in [-0.2, -0.15) is 5.10 Å². The second-order valence-corrected chi connectivity index (χ2v) is 3.70. The number of imidazole rings is 1. The third kappa shape index (κ3) is 1.25. The van der Waals surface area contributed by atoms with Crippen molar-refractivity contribution < 1.29 is 0 Å². The molecule has 3 aromatic heterocycles. The van der Waals surface area contributed by atoms with E-state index in [1.165, 1.54) is 0 Å². The molecule has 3 rings (SSSR count). The normalized spacial score (nSPS) is 11.1. The molecule has 0 saturated carbocycles. The molecule has 5 nitrogen and oxygen atoms in total. The van der Waals surface area contributed by atoms with Crippen LogP contribution in [0.4, 0.5) is 0 Å². The summed E-state index contributed by atoms with van der Waals surface area (Å²) in [5, 5.41) is 4.09. The molecule has 0 atom stereocenters. The Morgan fingerprint density at radius 3 is 2.94 bits per heavy atom. The molecule has 16 heavy (non-hydrogen) atoms. The van der Waals surface area contributed by atoms with Crippen LogP contribution < -0.4 is 5.56 Å². The van der Waals surface area contributed by atoms with E-state index in [1.54, 1.807) is 33.7 Å². The standard InChI is InChI=1S/C11H10N4O/c1-14-7-9(6-13-14)8-4-10-12-2-3-15(10)11(16)5-8/h2-7,12H,1H3. The lowest BCUT2D eigenvalue weighted by molar-refractivity contribution is 0.768. The lowest BCUT2D eigenvalue weighted by atomic mass is 10.1. The maximum absolute atomic E-state index is 11.8. The molecule has 0 unspecified atom stereocenters. The van der Waals surface area contributed by atoms with Crippen LogP contribution in [0.2, 0.25) is 0 Å². The third-order valence-corrected chi connectivity index (χ3v) is 2.56. The van der Waals surface area contributed by atoms with Crippen molar-refractivity contribution in [3.05, 3.63) is 47.3 Å². The summed E-state index contributed by atoms with van der Waals surface area (Å²) in [5.41, 5.74) is 2.56. The van der Waals surface area contributed by atoms with Gasteiger partial charge in [-0.05, 0) is 11.6 Å². The number of rotatable bonds is 1. The van der Waals surface area contributed by atoms with E-state index in [4.69, 9.17) is 0 Å². The highest BCUT2D eigenvalue weighted by atomic mass is 16.1. The van der Waals surface area contributed by atoms with Gasteiger partial charge < -0.3 is 4.98 Å². The first kappa shape index (κ1) is 8.96. The highest BCUT2D eigenvalue weighted by Crippen LogP contribution is 2.17. The number of nitrogens with zero attached hydrogens (tertiary/aromatic N) is 3. The summed E-state index contributed by atoms with van der Waals surface area (Å²) in [5.74, 6) is 0. The zero-order valence-corrected chi connectivity index (χ0v) is 8.71. The zero-order valence-electron chi connectivity index (χ0n) is 8.71. The first-order valence-electron chi connectivity index (χ1n) is 4.93. The molecule has 5 heteroatoms. The Bertz CT molecular complexity index is 704. The molecule has 80 valence electrons. The number of H-pyrrole nitrogens is 1. The number of aromatic amines is 1. The molecule has 0 amide bonds. The average Bonchev–Trinajstić information content (AvgIpc) is 2.85. The summed E-state index contributed by atoms with van der Waals surface area (Å²) in [6.07, 6.45) is 7.08. The number of aromatic nitrogens is 4. The van der Waals surface area contributed by atoms with Crippen LogP contribution in [0.15, 0.2) is 41.7 Å². The Morgan fingerprint density at radius 2 is 2.19 bits per heavy atom. The van der Waals surface area contributed by atoms with E-state index in [0.29, 0.717) is 0 Å². The van der Waals surface area contributed by atoms with Gasteiger partial charge in [0.1, 0.15) is 5.65 Å². The van der Waals surface area contributed by atoms with E-state index >= 15 is 0 Å². The highest BCUT2D eigenvalue weighted by Gasteiger charge is 2.04. The van der Waals surface area contributed by atoms with Crippen molar-refractivity contribution in [2.24, 2.45) is 7.05 Å². The van der Waals surface area contributed by atoms with Gasteiger partial charge in [0.2, 0.25) is 0 Å². The van der Waals surface area contributed by atoms with Crippen LogP contribution >= 0.6 is 0 Å². The first-order valence-corrected chi connectivity index (χ1v) is 4.93. The van der Waals surface area contributed by atoms with E-state index in [-0.39, 0.29) is 5.56 Å². The molecule has 0 aliphatic carbocycles. The maximum Gasteiger partial charge on any atom is 0.256 e. The van der Waals surface area contributed by atoms with Crippen LogP contribution in [-0.4, -0.2) is 19.2 Å². The van der Waals surface area contributed by atoms with Gasteiger partial charge in [-0.3, -0.25) is 13.9 Å². The fraction of sp³-hybridized carbons (Fsp3) is 0.0909. The van der Waals surface area contributed by atoms with E-state index in [9.17, 15) is 4.79 Å². The molecule has 0 saturated heterocycles. The van der Waals surface area contributed by atoms with Crippen molar-refractivity contribution in [2.45, 2.75) is 0 Å². The lowest BCUT2D eigenvalue weighted by Crippen LogP contribution is -2.09. The smallest absolute Gasteiger partial charge is 0.256 e. The third-order valence-electron chi connectivity index (χ3n) is 2.56. The number of fused-ring (bicyclic) bond motifs is 1. The minimum Gasteiger partial charge on any atom is -0.346 e. The van der Waals surface area contributed by atoms with Gasteiger partial charge in [0.05, 0.1) is 6.20 Å².